The number of halogens is 3. The molecule has 1 atom stereocenters. The van der Waals surface area contributed by atoms with Gasteiger partial charge < -0.3 is 20.5 Å². The molecule has 1 saturated heterocycles. The maximum atomic E-state index is 13.9. The van der Waals surface area contributed by atoms with Crippen LogP contribution in [0.1, 0.15) is 19.4 Å². The lowest BCUT2D eigenvalue weighted by atomic mass is 10.1. The second-order valence-corrected chi connectivity index (χ2v) is 7.59. The van der Waals surface area contributed by atoms with Crippen molar-refractivity contribution >= 4 is 45.9 Å². The fourth-order valence-electron chi connectivity index (χ4n) is 2.73. The highest BCUT2D eigenvalue weighted by molar-refractivity contribution is 14.0. The van der Waals surface area contributed by atoms with Gasteiger partial charge in [0.05, 0.1) is 25.4 Å². The number of nitrogens with zero attached hydrogens (tertiary/aromatic N) is 2. The zero-order chi connectivity index (χ0) is 19.0. The van der Waals surface area contributed by atoms with Gasteiger partial charge in [-0.05, 0) is 26.0 Å². The summed E-state index contributed by atoms with van der Waals surface area (Å²) in [5, 5.41) is 16.9. The lowest BCUT2D eigenvalue weighted by Crippen LogP contribution is -2.52. The molecule has 1 aromatic rings. The maximum Gasteiger partial charge on any atom is 0.191 e. The van der Waals surface area contributed by atoms with Crippen molar-refractivity contribution in [3.8, 4) is 0 Å². The van der Waals surface area contributed by atoms with Crippen molar-refractivity contribution in [2.45, 2.75) is 26.0 Å². The van der Waals surface area contributed by atoms with E-state index >= 15 is 0 Å². The summed E-state index contributed by atoms with van der Waals surface area (Å²) < 4.78 is 20.0. The number of rotatable bonds is 7. The lowest BCUT2D eigenvalue weighted by molar-refractivity contribution is -0.0201. The second-order valence-electron chi connectivity index (χ2n) is 6.67. The summed E-state index contributed by atoms with van der Waals surface area (Å²) in [6.07, 6.45) is 0. The van der Waals surface area contributed by atoms with Gasteiger partial charge in [0.25, 0.3) is 0 Å². The summed E-state index contributed by atoms with van der Waals surface area (Å²) in [5.74, 6) is 0.260. The highest BCUT2D eigenvalue weighted by atomic mass is 127. The first kappa shape index (κ1) is 24.5. The van der Waals surface area contributed by atoms with Crippen LogP contribution in [0.5, 0.6) is 0 Å². The third-order valence-corrected chi connectivity index (χ3v) is 4.56. The monoisotopic (exact) mass is 558 g/mol. The van der Waals surface area contributed by atoms with Crippen LogP contribution in [0.15, 0.2) is 27.7 Å². The fourth-order valence-corrected chi connectivity index (χ4v) is 3.06. The Balaban J connectivity index is 0.00000364. The molecule has 0 aliphatic carbocycles. The Hall–Kier alpha value is -0.490. The molecule has 3 N–H and O–H groups in total. The number of nitrogens with one attached hydrogen (secondary N) is 2. The summed E-state index contributed by atoms with van der Waals surface area (Å²) in [7, 11) is 0. The molecule has 0 radical (unpaired) electrons. The van der Waals surface area contributed by atoms with E-state index in [1.165, 1.54) is 6.07 Å². The van der Waals surface area contributed by atoms with Crippen molar-refractivity contribution in [2.24, 2.45) is 4.99 Å². The molecule has 6 nitrogen and oxygen atoms in total. The fraction of sp³-hybridized carbons (Fsp3) is 0.611. The average Bonchev–Trinajstić information content (AvgIpc) is 2.59. The van der Waals surface area contributed by atoms with Crippen LogP contribution in [0.2, 0.25) is 0 Å². The molecule has 0 spiro atoms. The Morgan fingerprint density at radius 1 is 1.37 bits per heavy atom. The number of aliphatic hydroxyl groups is 1. The number of guanidine groups is 1. The first-order valence-corrected chi connectivity index (χ1v) is 9.67. The molecule has 1 aromatic carbocycles. The molecule has 1 fully saturated rings. The van der Waals surface area contributed by atoms with E-state index in [9.17, 15) is 9.50 Å². The van der Waals surface area contributed by atoms with Crippen molar-refractivity contribution in [1.29, 1.82) is 0 Å². The number of hydrogen-bond donors (Lipinski definition) is 3. The predicted octanol–water partition coefficient (Wildman–Crippen LogP) is 2.34. The highest BCUT2D eigenvalue weighted by Crippen LogP contribution is 2.16. The van der Waals surface area contributed by atoms with Gasteiger partial charge in [-0.1, -0.05) is 22.0 Å². The number of benzene rings is 1. The van der Waals surface area contributed by atoms with E-state index in [0.717, 1.165) is 13.1 Å². The minimum Gasteiger partial charge on any atom is -0.387 e. The summed E-state index contributed by atoms with van der Waals surface area (Å²) in [6, 6.07) is 4.93. The lowest BCUT2D eigenvalue weighted by Gasteiger charge is -2.34. The predicted molar refractivity (Wildman–Crippen MR) is 120 cm³/mol. The molecular weight excluding hydrogens is 530 g/mol. The van der Waals surface area contributed by atoms with Gasteiger partial charge in [0.1, 0.15) is 5.82 Å². The van der Waals surface area contributed by atoms with Crippen LogP contribution in [0.3, 0.4) is 0 Å². The Labute approximate surface area is 186 Å². The van der Waals surface area contributed by atoms with Crippen LogP contribution in [0, 0.1) is 5.82 Å². The zero-order valence-corrected chi connectivity index (χ0v) is 19.7. The summed E-state index contributed by atoms with van der Waals surface area (Å²) in [6.45, 7) is 8.62. The van der Waals surface area contributed by atoms with E-state index in [2.05, 4.69) is 36.5 Å². The zero-order valence-electron chi connectivity index (χ0n) is 15.8. The van der Waals surface area contributed by atoms with Crippen molar-refractivity contribution < 1.29 is 14.2 Å². The van der Waals surface area contributed by atoms with Crippen molar-refractivity contribution in [1.82, 2.24) is 15.5 Å². The topological polar surface area (TPSA) is 69.1 Å². The number of ether oxygens (including phenoxy) is 1. The average molecular weight is 559 g/mol. The van der Waals surface area contributed by atoms with Gasteiger partial charge in [0, 0.05) is 42.8 Å². The normalized spacial score (nSPS) is 17.7. The van der Waals surface area contributed by atoms with Crippen LogP contribution >= 0.6 is 39.9 Å². The Morgan fingerprint density at radius 3 is 2.70 bits per heavy atom. The van der Waals surface area contributed by atoms with E-state index < -0.39 is 5.60 Å². The van der Waals surface area contributed by atoms with E-state index in [1.807, 2.05) is 6.92 Å². The van der Waals surface area contributed by atoms with E-state index in [0.29, 0.717) is 48.8 Å². The molecule has 2 rings (SSSR count). The molecule has 0 aromatic heterocycles. The summed E-state index contributed by atoms with van der Waals surface area (Å²) in [5.41, 5.74) is -0.387. The molecule has 0 amide bonds. The molecule has 0 saturated carbocycles. The summed E-state index contributed by atoms with van der Waals surface area (Å²) in [4.78, 5) is 6.61. The molecule has 1 aliphatic rings. The van der Waals surface area contributed by atoms with Crippen LogP contribution < -0.4 is 10.6 Å². The van der Waals surface area contributed by atoms with Gasteiger partial charge in [-0.2, -0.15) is 0 Å². The quantitative estimate of drug-likeness (QED) is 0.272. The molecule has 1 heterocycles. The highest BCUT2D eigenvalue weighted by Gasteiger charge is 2.25. The Kier molecular flexibility index (Phi) is 11.0. The third-order valence-electron chi connectivity index (χ3n) is 4.07. The van der Waals surface area contributed by atoms with Gasteiger partial charge >= 0.3 is 0 Å². The SMILES string of the molecule is CCNC(=NCc1ccc(Br)cc1F)NCC(C)(O)CN1CCOCC1.I. The van der Waals surface area contributed by atoms with Crippen LogP contribution in [0.25, 0.3) is 0 Å². The molecular formula is C18H29BrFIN4O2. The smallest absolute Gasteiger partial charge is 0.191 e. The number of β-amino-alcohol motifs (C(OH)–C–C–N with tert-alkyl or cyclic N) is 1. The van der Waals surface area contributed by atoms with Crippen LogP contribution in [-0.2, 0) is 11.3 Å². The minimum atomic E-state index is -0.906. The maximum absolute atomic E-state index is 13.9. The largest absolute Gasteiger partial charge is 0.387 e. The molecule has 27 heavy (non-hydrogen) atoms. The third kappa shape index (κ3) is 9.03. The van der Waals surface area contributed by atoms with Gasteiger partial charge in [-0.25, -0.2) is 9.38 Å². The first-order valence-electron chi connectivity index (χ1n) is 8.88. The van der Waals surface area contributed by atoms with Crippen molar-refractivity contribution in [3.63, 3.8) is 0 Å². The molecule has 154 valence electrons. The Bertz CT molecular complexity index is 613. The van der Waals surface area contributed by atoms with Gasteiger partial charge in [0.2, 0.25) is 0 Å². The van der Waals surface area contributed by atoms with Crippen LogP contribution in [-0.4, -0.2) is 67.5 Å². The summed E-state index contributed by atoms with van der Waals surface area (Å²) >= 11 is 3.25. The molecule has 0 bridgehead atoms. The molecule has 9 heteroatoms. The molecule has 1 unspecified atom stereocenters. The standard InChI is InChI=1S/C18H28BrFN4O2.HI/c1-3-21-17(22-11-14-4-5-15(19)10-16(14)20)23-12-18(2,25)13-24-6-8-26-9-7-24;/h4-5,10,25H,3,6-9,11-13H2,1-2H3,(H2,21,22,23);1H. The van der Waals surface area contributed by atoms with Gasteiger partial charge in [-0.3, -0.25) is 4.90 Å². The van der Waals surface area contributed by atoms with E-state index in [-0.39, 0.29) is 36.3 Å². The van der Waals surface area contributed by atoms with E-state index in [1.54, 1.807) is 19.1 Å². The minimum absolute atomic E-state index is 0. The van der Waals surface area contributed by atoms with E-state index in [4.69, 9.17) is 4.74 Å². The van der Waals surface area contributed by atoms with Crippen LogP contribution in [0.4, 0.5) is 4.39 Å². The number of aliphatic imine (C=N–C) groups is 1. The Morgan fingerprint density at radius 2 is 2.07 bits per heavy atom. The van der Waals surface area contributed by atoms with Gasteiger partial charge in [-0.15, -0.1) is 24.0 Å². The first-order chi connectivity index (χ1) is 12.4. The molecule has 1 aliphatic heterocycles. The number of morpholine rings is 1. The van der Waals surface area contributed by atoms with Crippen molar-refractivity contribution in [3.05, 3.63) is 34.1 Å². The second kappa shape index (κ2) is 12.2. The number of hydrogen-bond acceptors (Lipinski definition) is 4. The van der Waals surface area contributed by atoms with Gasteiger partial charge in [0.15, 0.2) is 5.96 Å². The van der Waals surface area contributed by atoms with Crippen molar-refractivity contribution in [2.75, 3.05) is 45.9 Å².